The molecule has 0 radical (unpaired) electrons. The molecule has 376 valence electrons. The maximum Gasteiger partial charge on any atom is 0.306 e. The number of allylic oxidation sites excluding steroid dienone is 10. The molecular weight excluding hydrogens is 805 g/mol. The Balaban J connectivity index is 4.38. The summed E-state index contributed by atoms with van der Waals surface area (Å²) in [6.07, 6.45) is 66.5. The average molecular weight is 909 g/mol. The van der Waals surface area contributed by atoms with E-state index in [0.29, 0.717) is 19.3 Å². The van der Waals surface area contributed by atoms with Crippen molar-refractivity contribution >= 4 is 17.9 Å². The first-order valence-electron chi connectivity index (χ1n) is 27.8. The molecule has 0 aromatic rings. The van der Waals surface area contributed by atoms with Gasteiger partial charge in [-0.15, -0.1) is 0 Å². The molecule has 6 nitrogen and oxygen atoms in total. The highest BCUT2D eigenvalue weighted by atomic mass is 16.6. The van der Waals surface area contributed by atoms with E-state index in [0.717, 1.165) is 77.0 Å². The quantitative estimate of drug-likeness (QED) is 0.0262. The molecule has 0 unspecified atom stereocenters. The Labute approximate surface area is 402 Å². The van der Waals surface area contributed by atoms with Crippen molar-refractivity contribution in [2.75, 3.05) is 13.2 Å². The van der Waals surface area contributed by atoms with Gasteiger partial charge in [0.05, 0.1) is 0 Å². The third-order valence-electron chi connectivity index (χ3n) is 12.0. The zero-order chi connectivity index (χ0) is 47.2. The molecule has 0 spiro atoms. The van der Waals surface area contributed by atoms with Gasteiger partial charge in [0.2, 0.25) is 0 Å². The van der Waals surface area contributed by atoms with Gasteiger partial charge in [-0.2, -0.15) is 0 Å². The predicted octanol–water partition coefficient (Wildman–Crippen LogP) is 18.4. The van der Waals surface area contributed by atoms with E-state index in [9.17, 15) is 14.4 Å². The molecule has 0 aromatic heterocycles. The number of carbonyl (C=O) groups is 3. The topological polar surface area (TPSA) is 78.9 Å². The highest BCUT2D eigenvalue weighted by Gasteiger charge is 2.19. The molecule has 0 rings (SSSR count). The summed E-state index contributed by atoms with van der Waals surface area (Å²) in [6.45, 7) is 6.50. The monoisotopic (exact) mass is 909 g/mol. The smallest absolute Gasteiger partial charge is 0.306 e. The molecule has 0 aromatic carbocycles. The van der Waals surface area contributed by atoms with E-state index in [2.05, 4.69) is 81.5 Å². The van der Waals surface area contributed by atoms with Gasteiger partial charge in [0.1, 0.15) is 13.2 Å². The van der Waals surface area contributed by atoms with Crippen molar-refractivity contribution in [2.24, 2.45) is 0 Å². The van der Waals surface area contributed by atoms with Crippen LogP contribution in [-0.2, 0) is 28.6 Å². The van der Waals surface area contributed by atoms with Gasteiger partial charge < -0.3 is 14.2 Å². The summed E-state index contributed by atoms with van der Waals surface area (Å²) in [5.41, 5.74) is 0. The minimum Gasteiger partial charge on any atom is -0.462 e. The molecule has 0 saturated heterocycles. The van der Waals surface area contributed by atoms with E-state index >= 15 is 0 Å². The summed E-state index contributed by atoms with van der Waals surface area (Å²) < 4.78 is 16.8. The second kappa shape index (κ2) is 53.7. The molecule has 0 saturated carbocycles. The summed E-state index contributed by atoms with van der Waals surface area (Å²) in [4.78, 5) is 38.0. The first-order chi connectivity index (χ1) is 32.0. The molecule has 0 aliphatic heterocycles. The Morgan fingerprint density at radius 1 is 0.323 bits per heavy atom. The Kier molecular flexibility index (Phi) is 51.3. The fourth-order valence-corrected chi connectivity index (χ4v) is 7.89. The fraction of sp³-hybridized carbons (Fsp3) is 0.780. The first-order valence-corrected chi connectivity index (χ1v) is 27.8. The number of hydrogen-bond donors (Lipinski definition) is 0. The second-order valence-corrected chi connectivity index (χ2v) is 18.5. The van der Waals surface area contributed by atoms with Crippen LogP contribution in [0, 0.1) is 0 Å². The number of hydrogen-bond acceptors (Lipinski definition) is 6. The Hall–Kier alpha value is -2.89. The van der Waals surface area contributed by atoms with Crippen molar-refractivity contribution in [1.82, 2.24) is 0 Å². The lowest BCUT2D eigenvalue weighted by Gasteiger charge is -2.18. The molecule has 0 heterocycles. The Morgan fingerprint density at radius 3 is 0.923 bits per heavy atom. The molecule has 0 N–H and O–H groups in total. The summed E-state index contributed by atoms with van der Waals surface area (Å²) in [7, 11) is 0. The normalized spacial score (nSPS) is 12.5. The number of ether oxygens (including phenoxy) is 3. The number of carbonyl (C=O) groups excluding carboxylic acids is 3. The first kappa shape index (κ1) is 62.1. The van der Waals surface area contributed by atoms with Gasteiger partial charge in [-0.1, -0.05) is 261 Å². The van der Waals surface area contributed by atoms with E-state index in [4.69, 9.17) is 14.2 Å². The van der Waals surface area contributed by atoms with Gasteiger partial charge >= 0.3 is 17.9 Å². The molecule has 6 heteroatoms. The SMILES string of the molecule is CC/C=C\C/C=C\C/C=C\C/C=C\C/C=C\CCCC(=O)O[C@H](COC(=O)CCCCCCCCCCCCC)COC(=O)CCCCCCCCCCCCCCCCCCCCC. The number of rotatable bonds is 50. The number of unbranched alkanes of at least 4 members (excludes halogenated alkanes) is 29. The van der Waals surface area contributed by atoms with Crippen LogP contribution >= 0.6 is 0 Å². The van der Waals surface area contributed by atoms with Gasteiger partial charge in [-0.3, -0.25) is 14.4 Å². The van der Waals surface area contributed by atoms with Crippen molar-refractivity contribution in [2.45, 2.75) is 284 Å². The van der Waals surface area contributed by atoms with E-state index in [-0.39, 0.29) is 37.5 Å². The second-order valence-electron chi connectivity index (χ2n) is 18.5. The van der Waals surface area contributed by atoms with E-state index in [1.54, 1.807) is 0 Å². The van der Waals surface area contributed by atoms with Gasteiger partial charge in [-0.25, -0.2) is 0 Å². The maximum absolute atomic E-state index is 12.8. The molecule has 0 aliphatic carbocycles. The van der Waals surface area contributed by atoms with Crippen molar-refractivity contribution in [3.8, 4) is 0 Å². The summed E-state index contributed by atoms with van der Waals surface area (Å²) in [5.74, 6) is -0.942. The highest BCUT2D eigenvalue weighted by molar-refractivity contribution is 5.71. The maximum atomic E-state index is 12.8. The zero-order valence-corrected chi connectivity index (χ0v) is 43.0. The van der Waals surface area contributed by atoms with E-state index in [1.165, 1.54) is 154 Å². The minimum absolute atomic E-state index is 0.0931. The van der Waals surface area contributed by atoms with Crippen LogP contribution in [0.15, 0.2) is 60.8 Å². The fourth-order valence-electron chi connectivity index (χ4n) is 7.89. The van der Waals surface area contributed by atoms with Crippen LogP contribution in [0.1, 0.15) is 278 Å². The Morgan fingerprint density at radius 2 is 0.600 bits per heavy atom. The third kappa shape index (κ3) is 51.9. The zero-order valence-electron chi connectivity index (χ0n) is 43.0. The predicted molar refractivity (Wildman–Crippen MR) is 279 cm³/mol. The lowest BCUT2D eigenvalue weighted by molar-refractivity contribution is -0.167. The summed E-state index contributed by atoms with van der Waals surface area (Å²) in [5, 5.41) is 0. The minimum atomic E-state index is -0.800. The van der Waals surface area contributed by atoms with Crippen LogP contribution < -0.4 is 0 Å². The van der Waals surface area contributed by atoms with Crippen molar-refractivity contribution in [3.05, 3.63) is 60.8 Å². The average Bonchev–Trinajstić information content (AvgIpc) is 3.30. The van der Waals surface area contributed by atoms with Gasteiger partial charge in [0.15, 0.2) is 6.10 Å². The van der Waals surface area contributed by atoms with Crippen molar-refractivity contribution in [1.29, 1.82) is 0 Å². The lowest BCUT2D eigenvalue weighted by Crippen LogP contribution is -2.30. The highest BCUT2D eigenvalue weighted by Crippen LogP contribution is 2.16. The van der Waals surface area contributed by atoms with E-state index in [1.807, 2.05) is 0 Å². The van der Waals surface area contributed by atoms with E-state index < -0.39 is 6.10 Å². The molecule has 0 fully saturated rings. The van der Waals surface area contributed by atoms with Crippen LogP contribution in [0.5, 0.6) is 0 Å². The van der Waals surface area contributed by atoms with Crippen LogP contribution in [0.4, 0.5) is 0 Å². The molecule has 0 amide bonds. The summed E-state index contributed by atoms with van der Waals surface area (Å²) >= 11 is 0. The number of esters is 3. The van der Waals surface area contributed by atoms with Gasteiger partial charge in [-0.05, 0) is 57.8 Å². The third-order valence-corrected chi connectivity index (χ3v) is 12.0. The summed E-state index contributed by atoms with van der Waals surface area (Å²) in [6, 6.07) is 0. The van der Waals surface area contributed by atoms with Crippen molar-refractivity contribution < 1.29 is 28.6 Å². The molecule has 0 aliphatic rings. The lowest BCUT2D eigenvalue weighted by atomic mass is 10.0. The molecule has 0 bridgehead atoms. The largest absolute Gasteiger partial charge is 0.462 e. The van der Waals surface area contributed by atoms with Gasteiger partial charge in [0.25, 0.3) is 0 Å². The van der Waals surface area contributed by atoms with Gasteiger partial charge in [0, 0.05) is 19.3 Å². The van der Waals surface area contributed by atoms with Crippen molar-refractivity contribution in [3.63, 3.8) is 0 Å². The van der Waals surface area contributed by atoms with Crippen LogP contribution in [0.25, 0.3) is 0 Å². The van der Waals surface area contributed by atoms with Crippen LogP contribution in [0.2, 0.25) is 0 Å². The van der Waals surface area contributed by atoms with Crippen LogP contribution in [-0.4, -0.2) is 37.2 Å². The molecule has 65 heavy (non-hydrogen) atoms. The standard InChI is InChI=1S/C59H104O6/c1-4-7-10-13-16-19-22-24-26-28-29-31-32-34-37-40-43-46-49-52-58(61)64-55-56(54-63-57(60)51-48-45-42-39-36-21-18-15-12-9-6-3)65-59(62)53-50-47-44-41-38-35-33-30-27-25-23-20-17-14-11-8-5-2/h8,11,17,20,25,27,33,35,41,44,56H,4-7,9-10,12-16,18-19,21-24,26,28-32,34,36-40,42-43,45-55H2,1-3H3/b11-8-,20-17-,27-25-,35-33-,44-41-/t56-/m1/s1. The molecular formula is C59H104O6. The molecule has 1 atom stereocenters. The van der Waals surface area contributed by atoms with Crippen LogP contribution in [0.3, 0.4) is 0 Å². The Bertz CT molecular complexity index is 1180.